The molecule has 6 nitrogen and oxygen atoms in total. The van der Waals surface area contributed by atoms with Crippen LogP contribution in [0.5, 0.6) is 0 Å². The fourth-order valence-corrected chi connectivity index (χ4v) is 4.52. The van der Waals surface area contributed by atoms with E-state index in [2.05, 4.69) is 10.4 Å². The summed E-state index contributed by atoms with van der Waals surface area (Å²) < 4.78 is 24.7. The molecule has 2 heterocycles. The predicted molar refractivity (Wildman–Crippen MR) is 80.9 cm³/mol. The highest BCUT2D eigenvalue weighted by atomic mass is 32.2. The summed E-state index contributed by atoms with van der Waals surface area (Å²) in [4.78, 5) is 11.9. The van der Waals surface area contributed by atoms with Gasteiger partial charge in [-0.25, -0.2) is 8.42 Å². The van der Waals surface area contributed by atoms with Gasteiger partial charge >= 0.3 is 0 Å². The van der Waals surface area contributed by atoms with Crippen LogP contribution in [0.25, 0.3) is 0 Å². The van der Waals surface area contributed by atoms with Gasteiger partial charge in [0.15, 0.2) is 9.84 Å². The molecule has 0 aliphatic carbocycles. The second-order valence-corrected chi connectivity index (χ2v) is 7.86. The van der Waals surface area contributed by atoms with E-state index in [0.29, 0.717) is 19.3 Å². The summed E-state index contributed by atoms with van der Waals surface area (Å²) in [6.45, 7) is 6.82. The molecule has 0 aromatic carbocycles. The monoisotopic (exact) mass is 313 g/mol. The molecule has 1 aromatic rings. The lowest BCUT2D eigenvalue weighted by Gasteiger charge is -2.10. The number of rotatable bonds is 5. The van der Waals surface area contributed by atoms with Gasteiger partial charge in [0.25, 0.3) is 0 Å². The molecule has 0 saturated carbocycles. The number of carbonyl (C=O) groups is 1. The van der Waals surface area contributed by atoms with Crippen LogP contribution in [-0.4, -0.2) is 41.7 Å². The molecule has 118 valence electrons. The standard InChI is InChI=1S/C14H23N3O3S/c1-4-17-11(3)13(10(2)16-17)5-6-14(18)15-12-7-8-21(19,20)9-12/h12H,4-9H2,1-3H3,(H,15,18). The zero-order chi connectivity index (χ0) is 15.6. The number of aromatic nitrogens is 2. The number of carbonyl (C=O) groups excluding carboxylic acids is 1. The van der Waals surface area contributed by atoms with Gasteiger partial charge in [-0.05, 0) is 39.2 Å². The Morgan fingerprint density at radius 1 is 1.43 bits per heavy atom. The molecule has 2 rings (SSSR count). The van der Waals surface area contributed by atoms with Crippen molar-refractivity contribution >= 4 is 15.7 Å². The molecule has 0 bridgehead atoms. The van der Waals surface area contributed by atoms with Crippen LogP contribution in [0.3, 0.4) is 0 Å². The second-order valence-electron chi connectivity index (χ2n) is 5.63. The molecule has 1 aromatic heterocycles. The molecule has 0 spiro atoms. The van der Waals surface area contributed by atoms with E-state index in [9.17, 15) is 13.2 Å². The summed E-state index contributed by atoms with van der Waals surface area (Å²) in [6.07, 6.45) is 1.54. The summed E-state index contributed by atoms with van der Waals surface area (Å²) >= 11 is 0. The Morgan fingerprint density at radius 2 is 2.14 bits per heavy atom. The van der Waals surface area contributed by atoms with Crippen LogP contribution in [0, 0.1) is 13.8 Å². The second kappa shape index (κ2) is 6.17. The van der Waals surface area contributed by atoms with Gasteiger partial charge in [-0.15, -0.1) is 0 Å². The Balaban J connectivity index is 1.89. The van der Waals surface area contributed by atoms with Crippen LogP contribution in [0.4, 0.5) is 0 Å². The van der Waals surface area contributed by atoms with Crippen molar-refractivity contribution in [2.24, 2.45) is 0 Å². The highest BCUT2D eigenvalue weighted by molar-refractivity contribution is 7.91. The van der Waals surface area contributed by atoms with Crippen molar-refractivity contribution in [3.63, 3.8) is 0 Å². The first-order chi connectivity index (χ1) is 9.82. The molecule has 0 radical (unpaired) electrons. The van der Waals surface area contributed by atoms with Crippen LogP contribution < -0.4 is 5.32 Å². The maximum Gasteiger partial charge on any atom is 0.220 e. The van der Waals surface area contributed by atoms with Gasteiger partial charge in [0.1, 0.15) is 0 Å². The van der Waals surface area contributed by atoms with Gasteiger partial charge < -0.3 is 5.32 Å². The summed E-state index contributed by atoms with van der Waals surface area (Å²) in [5.74, 6) is 0.171. The molecule has 1 aliphatic heterocycles. The van der Waals surface area contributed by atoms with E-state index in [1.165, 1.54) is 0 Å². The Kier molecular flexibility index (Phi) is 4.70. The smallest absolute Gasteiger partial charge is 0.220 e. The molecule has 21 heavy (non-hydrogen) atoms. The Bertz CT molecular complexity index is 634. The van der Waals surface area contributed by atoms with Crippen molar-refractivity contribution in [2.75, 3.05) is 11.5 Å². The Hall–Kier alpha value is -1.37. The van der Waals surface area contributed by atoms with Crippen LogP contribution in [0.1, 0.15) is 36.7 Å². The first kappa shape index (κ1) is 16.0. The number of aryl methyl sites for hydroxylation is 2. The fourth-order valence-electron chi connectivity index (χ4n) is 2.85. The SMILES string of the molecule is CCn1nc(C)c(CCC(=O)NC2CCS(=O)(=O)C2)c1C. The van der Waals surface area contributed by atoms with E-state index in [1.807, 2.05) is 25.5 Å². The average molecular weight is 313 g/mol. The molecular formula is C14H23N3O3S. The predicted octanol–water partition coefficient (Wildman–Crippen LogP) is 0.756. The van der Waals surface area contributed by atoms with E-state index in [1.54, 1.807) is 0 Å². The van der Waals surface area contributed by atoms with E-state index in [4.69, 9.17) is 0 Å². The maximum atomic E-state index is 11.9. The maximum absolute atomic E-state index is 11.9. The van der Waals surface area contributed by atoms with Gasteiger partial charge in [0.05, 0.1) is 17.2 Å². The Labute approximate surface area is 125 Å². The van der Waals surface area contributed by atoms with Crippen molar-refractivity contribution in [3.05, 3.63) is 17.0 Å². The normalized spacial score (nSPS) is 20.6. The largest absolute Gasteiger partial charge is 0.352 e. The van der Waals surface area contributed by atoms with Crippen molar-refractivity contribution in [3.8, 4) is 0 Å². The van der Waals surface area contributed by atoms with Gasteiger partial charge in [-0.1, -0.05) is 0 Å². The molecule has 1 saturated heterocycles. The first-order valence-corrected chi connectivity index (χ1v) is 9.17. The van der Waals surface area contributed by atoms with Crippen LogP contribution in [0.2, 0.25) is 0 Å². The molecule has 1 amide bonds. The number of nitrogens with one attached hydrogen (secondary N) is 1. The van der Waals surface area contributed by atoms with Gasteiger partial charge in [-0.2, -0.15) is 5.10 Å². The minimum absolute atomic E-state index is 0.0740. The zero-order valence-electron chi connectivity index (χ0n) is 12.8. The molecule has 1 aliphatic rings. The quantitative estimate of drug-likeness (QED) is 0.870. The highest BCUT2D eigenvalue weighted by Gasteiger charge is 2.28. The van der Waals surface area contributed by atoms with E-state index >= 15 is 0 Å². The van der Waals surface area contributed by atoms with E-state index in [-0.39, 0.29) is 23.5 Å². The molecule has 1 unspecified atom stereocenters. The van der Waals surface area contributed by atoms with Gasteiger partial charge in [-0.3, -0.25) is 9.48 Å². The summed E-state index contributed by atoms with van der Waals surface area (Å²) in [5, 5.41) is 7.25. The highest BCUT2D eigenvalue weighted by Crippen LogP contribution is 2.16. The fraction of sp³-hybridized carbons (Fsp3) is 0.714. The number of sulfone groups is 1. The zero-order valence-corrected chi connectivity index (χ0v) is 13.7. The molecule has 1 fully saturated rings. The van der Waals surface area contributed by atoms with Crippen molar-refractivity contribution < 1.29 is 13.2 Å². The third-order valence-corrected chi connectivity index (χ3v) is 5.80. The van der Waals surface area contributed by atoms with Crippen molar-refractivity contribution in [2.45, 2.75) is 52.6 Å². The Morgan fingerprint density at radius 3 is 2.67 bits per heavy atom. The number of hydrogen-bond acceptors (Lipinski definition) is 4. The minimum Gasteiger partial charge on any atom is -0.352 e. The lowest BCUT2D eigenvalue weighted by Crippen LogP contribution is -2.35. The van der Waals surface area contributed by atoms with Crippen LogP contribution >= 0.6 is 0 Å². The van der Waals surface area contributed by atoms with Gasteiger partial charge in [0, 0.05) is 24.7 Å². The lowest BCUT2D eigenvalue weighted by atomic mass is 10.1. The van der Waals surface area contributed by atoms with Crippen LogP contribution in [0.15, 0.2) is 0 Å². The van der Waals surface area contributed by atoms with Crippen molar-refractivity contribution in [1.29, 1.82) is 0 Å². The van der Waals surface area contributed by atoms with E-state index in [0.717, 1.165) is 23.5 Å². The molecule has 1 N–H and O–H groups in total. The summed E-state index contributed by atoms with van der Waals surface area (Å²) in [7, 11) is -2.95. The van der Waals surface area contributed by atoms with Crippen LogP contribution in [-0.2, 0) is 27.6 Å². The average Bonchev–Trinajstić information content (AvgIpc) is 2.87. The summed E-state index contributed by atoms with van der Waals surface area (Å²) in [6, 6.07) is -0.219. The minimum atomic E-state index is -2.95. The first-order valence-electron chi connectivity index (χ1n) is 7.35. The third-order valence-electron chi connectivity index (χ3n) is 4.03. The van der Waals surface area contributed by atoms with E-state index < -0.39 is 9.84 Å². The molecular weight excluding hydrogens is 290 g/mol. The molecule has 7 heteroatoms. The molecule has 1 atom stereocenters. The summed E-state index contributed by atoms with van der Waals surface area (Å²) in [5.41, 5.74) is 3.18. The third kappa shape index (κ3) is 3.84. The van der Waals surface area contributed by atoms with Crippen molar-refractivity contribution in [1.82, 2.24) is 15.1 Å². The topological polar surface area (TPSA) is 81.1 Å². The lowest BCUT2D eigenvalue weighted by molar-refractivity contribution is -0.121. The number of hydrogen-bond donors (Lipinski definition) is 1. The van der Waals surface area contributed by atoms with Gasteiger partial charge in [0.2, 0.25) is 5.91 Å². The number of amides is 1. The number of nitrogens with zero attached hydrogens (tertiary/aromatic N) is 2.